The quantitative estimate of drug-likeness (QED) is 0.426. The fourth-order valence-corrected chi connectivity index (χ4v) is 0.399. The van der Waals surface area contributed by atoms with E-state index in [4.69, 9.17) is 24.4 Å². The summed E-state index contributed by atoms with van der Waals surface area (Å²) in [6.07, 6.45) is 0. The number of rotatable bonds is 3. The molecular formula is C2H10O7P2. The van der Waals surface area contributed by atoms with Crippen molar-refractivity contribution >= 4 is 16.5 Å². The molecule has 0 amide bonds. The van der Waals surface area contributed by atoms with Crippen LogP contribution in [-0.2, 0) is 13.7 Å². The van der Waals surface area contributed by atoms with Crippen LogP contribution in [0.25, 0.3) is 0 Å². The zero-order chi connectivity index (χ0) is 9.28. The zero-order valence-corrected chi connectivity index (χ0v) is 7.43. The molecule has 0 aromatic heterocycles. The van der Waals surface area contributed by atoms with E-state index in [9.17, 15) is 4.57 Å². The maximum Gasteiger partial charge on any atom is 0.316 e. The van der Waals surface area contributed by atoms with Crippen LogP contribution in [-0.4, -0.2) is 33.0 Å². The Morgan fingerprint density at radius 2 is 1.55 bits per heavy atom. The monoisotopic (exact) mass is 208 g/mol. The van der Waals surface area contributed by atoms with Gasteiger partial charge in [-0.25, -0.2) is 0 Å². The molecule has 0 aliphatic rings. The van der Waals surface area contributed by atoms with Crippen molar-refractivity contribution in [2.75, 3.05) is 13.2 Å². The van der Waals surface area contributed by atoms with Crippen LogP contribution in [0.4, 0.5) is 0 Å². The SMILES string of the molecule is O=[PH](O)O.O=[PH](O)OCCO. The molecule has 0 spiro atoms. The van der Waals surface area contributed by atoms with E-state index in [-0.39, 0.29) is 13.2 Å². The Balaban J connectivity index is 0. The topological polar surface area (TPSA) is 124 Å². The van der Waals surface area contributed by atoms with Crippen LogP contribution >= 0.6 is 16.5 Å². The van der Waals surface area contributed by atoms with E-state index < -0.39 is 16.5 Å². The summed E-state index contributed by atoms with van der Waals surface area (Å²) in [6.45, 7) is -0.273. The molecule has 7 nitrogen and oxygen atoms in total. The van der Waals surface area contributed by atoms with Gasteiger partial charge in [-0.05, 0) is 0 Å². The van der Waals surface area contributed by atoms with Crippen molar-refractivity contribution in [3.05, 3.63) is 0 Å². The van der Waals surface area contributed by atoms with Crippen LogP contribution in [0.15, 0.2) is 0 Å². The largest absolute Gasteiger partial charge is 0.394 e. The molecule has 0 aromatic rings. The van der Waals surface area contributed by atoms with Gasteiger partial charge in [0.25, 0.3) is 0 Å². The van der Waals surface area contributed by atoms with Crippen LogP contribution in [0.3, 0.4) is 0 Å². The average Bonchev–Trinajstić information content (AvgIpc) is 1.82. The predicted molar refractivity (Wildman–Crippen MR) is 37.7 cm³/mol. The summed E-state index contributed by atoms with van der Waals surface area (Å²) in [5.41, 5.74) is 0. The Morgan fingerprint density at radius 3 is 1.64 bits per heavy atom. The lowest BCUT2D eigenvalue weighted by atomic mass is 10.8. The van der Waals surface area contributed by atoms with Gasteiger partial charge in [-0.3, -0.25) is 9.13 Å². The van der Waals surface area contributed by atoms with Gasteiger partial charge >= 0.3 is 16.5 Å². The highest BCUT2D eigenvalue weighted by Crippen LogP contribution is 2.12. The number of hydrogen-bond donors (Lipinski definition) is 4. The van der Waals surface area contributed by atoms with Crippen molar-refractivity contribution in [1.82, 2.24) is 0 Å². The summed E-state index contributed by atoms with van der Waals surface area (Å²) in [6, 6.07) is 0. The van der Waals surface area contributed by atoms with Crippen LogP contribution < -0.4 is 0 Å². The Kier molecular flexibility index (Phi) is 12.9. The van der Waals surface area contributed by atoms with E-state index in [0.29, 0.717) is 0 Å². The van der Waals surface area contributed by atoms with E-state index in [2.05, 4.69) is 4.52 Å². The summed E-state index contributed by atoms with van der Waals surface area (Å²) in [5.74, 6) is 0. The molecule has 1 unspecified atom stereocenters. The molecule has 0 radical (unpaired) electrons. The van der Waals surface area contributed by atoms with E-state index in [0.717, 1.165) is 0 Å². The van der Waals surface area contributed by atoms with Gasteiger partial charge in [0.05, 0.1) is 13.2 Å². The summed E-state index contributed by atoms with van der Waals surface area (Å²) >= 11 is 0. The minimum absolute atomic E-state index is 0.0612. The lowest BCUT2D eigenvalue weighted by Crippen LogP contribution is -1.90. The van der Waals surface area contributed by atoms with E-state index in [1.165, 1.54) is 0 Å². The van der Waals surface area contributed by atoms with Crippen molar-refractivity contribution in [3.8, 4) is 0 Å². The van der Waals surface area contributed by atoms with Gasteiger partial charge in [0.2, 0.25) is 0 Å². The average molecular weight is 208 g/mol. The molecule has 4 N–H and O–H groups in total. The summed E-state index contributed by atoms with van der Waals surface area (Å²) < 4.78 is 22.4. The van der Waals surface area contributed by atoms with Crippen LogP contribution in [0, 0.1) is 0 Å². The molecular weight excluding hydrogens is 198 g/mol. The molecule has 0 aliphatic carbocycles. The van der Waals surface area contributed by atoms with Crippen LogP contribution in [0.2, 0.25) is 0 Å². The smallest absolute Gasteiger partial charge is 0.316 e. The normalized spacial score (nSPS) is 12.1. The molecule has 0 fully saturated rings. The molecule has 11 heavy (non-hydrogen) atoms. The standard InChI is InChI=1S/C2H7O4P.H3O3P/c3-1-2-6-7(4)5;1-4(2)3/h3,7H,1-2H2,(H,4,5);4H,(H2,1,2,3). The van der Waals surface area contributed by atoms with Gasteiger partial charge in [0.1, 0.15) is 0 Å². The molecule has 0 aliphatic heterocycles. The second kappa shape index (κ2) is 10.3. The lowest BCUT2D eigenvalue weighted by molar-refractivity contribution is 0.193. The van der Waals surface area contributed by atoms with E-state index in [1.807, 2.05) is 0 Å². The maximum absolute atomic E-state index is 9.61. The third-order valence-electron chi connectivity index (χ3n) is 0.317. The molecule has 1 atom stereocenters. The highest BCUT2D eigenvalue weighted by Gasteiger charge is 1.86. The van der Waals surface area contributed by atoms with Gasteiger partial charge in [-0.2, -0.15) is 0 Å². The minimum atomic E-state index is -3.13. The third kappa shape index (κ3) is 38.6. The maximum atomic E-state index is 9.61. The number of aliphatic hydroxyl groups excluding tert-OH is 1. The van der Waals surface area contributed by atoms with E-state index in [1.54, 1.807) is 0 Å². The molecule has 0 heterocycles. The third-order valence-corrected chi connectivity index (χ3v) is 0.768. The molecule has 9 heteroatoms. The van der Waals surface area contributed by atoms with Gasteiger partial charge < -0.3 is 24.3 Å². The highest BCUT2D eigenvalue weighted by molar-refractivity contribution is 7.32. The van der Waals surface area contributed by atoms with Crippen molar-refractivity contribution < 1.29 is 33.4 Å². The summed E-state index contributed by atoms with van der Waals surface area (Å²) in [7, 11) is -5.94. The van der Waals surface area contributed by atoms with Crippen molar-refractivity contribution in [2.45, 2.75) is 0 Å². The first kappa shape index (κ1) is 13.8. The fraction of sp³-hybridized carbons (Fsp3) is 1.00. The molecule has 0 aromatic carbocycles. The second-order valence-corrected chi connectivity index (χ2v) is 2.51. The van der Waals surface area contributed by atoms with Gasteiger partial charge in [0, 0.05) is 0 Å². The van der Waals surface area contributed by atoms with E-state index >= 15 is 0 Å². The molecule has 0 saturated heterocycles. The van der Waals surface area contributed by atoms with Crippen LogP contribution in [0.1, 0.15) is 0 Å². The predicted octanol–water partition coefficient (Wildman–Crippen LogP) is -1.26. The van der Waals surface area contributed by atoms with Crippen molar-refractivity contribution in [3.63, 3.8) is 0 Å². The van der Waals surface area contributed by atoms with Crippen molar-refractivity contribution in [1.29, 1.82) is 0 Å². The second-order valence-electron chi connectivity index (χ2n) is 1.12. The van der Waals surface area contributed by atoms with Gasteiger partial charge in [-0.1, -0.05) is 0 Å². The van der Waals surface area contributed by atoms with Gasteiger partial charge in [-0.15, -0.1) is 0 Å². The number of aliphatic hydroxyl groups is 1. The summed E-state index contributed by atoms with van der Waals surface area (Å²) in [5, 5.41) is 7.96. The highest BCUT2D eigenvalue weighted by atomic mass is 31.1. The lowest BCUT2D eigenvalue weighted by Gasteiger charge is -1.90. The number of hydrogen-bond acceptors (Lipinski definition) is 4. The molecule has 70 valence electrons. The Labute approximate surface area is 64.2 Å². The zero-order valence-electron chi connectivity index (χ0n) is 5.43. The first-order valence-corrected chi connectivity index (χ1v) is 4.95. The fourth-order valence-electron chi connectivity index (χ4n) is 0.133. The molecule has 0 saturated carbocycles. The first-order chi connectivity index (χ1) is 5.00. The first-order valence-electron chi connectivity index (χ1n) is 2.39. The Bertz CT molecular complexity index is 120. The Hall–Kier alpha value is 0.260. The molecule has 0 rings (SSSR count). The summed E-state index contributed by atoms with van der Waals surface area (Å²) in [4.78, 5) is 22.2. The van der Waals surface area contributed by atoms with Crippen molar-refractivity contribution in [2.24, 2.45) is 0 Å². The van der Waals surface area contributed by atoms with Gasteiger partial charge in [0.15, 0.2) is 0 Å². The molecule has 0 bridgehead atoms. The van der Waals surface area contributed by atoms with Crippen LogP contribution in [0.5, 0.6) is 0 Å². The Morgan fingerprint density at radius 1 is 1.18 bits per heavy atom. The minimum Gasteiger partial charge on any atom is -0.394 e.